The van der Waals surface area contributed by atoms with Crippen LogP contribution in [0.1, 0.15) is 22.3 Å². The van der Waals surface area contributed by atoms with Gasteiger partial charge in [-0.2, -0.15) is 0 Å². The fourth-order valence-corrected chi connectivity index (χ4v) is 2.97. The Morgan fingerprint density at radius 1 is 0.647 bits per heavy atom. The van der Waals surface area contributed by atoms with Crippen LogP contribution >= 0.6 is 0 Å². The van der Waals surface area contributed by atoms with Crippen LogP contribution in [0.4, 0.5) is 0 Å². The minimum atomic E-state index is -0.448. The Bertz CT molecular complexity index is 1060. The number of carbonyl (C=O) groups is 2. The van der Waals surface area contributed by atoms with Crippen molar-refractivity contribution in [1.82, 2.24) is 0 Å². The Kier molecular flexibility index (Phi) is 9.05. The van der Waals surface area contributed by atoms with Crippen molar-refractivity contribution in [3.63, 3.8) is 0 Å². The van der Waals surface area contributed by atoms with Gasteiger partial charge in [-0.25, -0.2) is 9.59 Å². The van der Waals surface area contributed by atoms with E-state index in [2.05, 4.69) is 0 Å². The standard InChI is InChI=1S/C28H26O6/c1-31-25-12-6-21(7-13-25)10-16-27(29)33-19-23-4-3-5-24(18-23)20-34-28(30)17-11-22-8-14-26(32-2)15-9-22/h3-18H,19-20H2,1-2H3/b16-10+,17-11+. The van der Waals surface area contributed by atoms with Crippen LogP contribution < -0.4 is 9.47 Å². The first kappa shape index (κ1) is 24.3. The fourth-order valence-electron chi connectivity index (χ4n) is 2.97. The first-order valence-electron chi connectivity index (χ1n) is 10.6. The predicted octanol–water partition coefficient (Wildman–Crippen LogP) is 5.22. The molecule has 3 rings (SSSR count). The van der Waals surface area contributed by atoms with E-state index in [0.29, 0.717) is 0 Å². The lowest BCUT2D eigenvalue weighted by atomic mass is 10.1. The average molecular weight is 459 g/mol. The normalized spacial score (nSPS) is 10.9. The van der Waals surface area contributed by atoms with Crippen molar-refractivity contribution in [3.05, 3.63) is 107 Å². The van der Waals surface area contributed by atoms with Gasteiger partial charge in [-0.15, -0.1) is 0 Å². The third-order valence-electron chi connectivity index (χ3n) is 4.81. The Morgan fingerprint density at radius 2 is 1.06 bits per heavy atom. The van der Waals surface area contributed by atoms with Gasteiger partial charge in [0, 0.05) is 12.2 Å². The van der Waals surface area contributed by atoms with Crippen LogP contribution in [0.15, 0.2) is 84.9 Å². The van der Waals surface area contributed by atoms with Crippen LogP contribution in [0.2, 0.25) is 0 Å². The maximum atomic E-state index is 12.0. The van der Waals surface area contributed by atoms with E-state index >= 15 is 0 Å². The average Bonchev–Trinajstić information content (AvgIpc) is 2.89. The molecule has 0 saturated heterocycles. The third-order valence-corrected chi connectivity index (χ3v) is 4.81. The highest BCUT2D eigenvalue weighted by Gasteiger charge is 2.03. The summed E-state index contributed by atoms with van der Waals surface area (Å²) in [6.45, 7) is 0.232. The van der Waals surface area contributed by atoms with Crippen molar-refractivity contribution in [2.45, 2.75) is 13.2 Å². The molecule has 0 aliphatic heterocycles. The second-order valence-electron chi connectivity index (χ2n) is 7.25. The zero-order valence-corrected chi connectivity index (χ0v) is 19.1. The van der Waals surface area contributed by atoms with Gasteiger partial charge in [0.15, 0.2) is 0 Å². The molecule has 0 spiro atoms. The Hall–Kier alpha value is -4.32. The van der Waals surface area contributed by atoms with E-state index in [1.165, 1.54) is 12.2 Å². The van der Waals surface area contributed by atoms with E-state index in [9.17, 15) is 9.59 Å². The fraction of sp³-hybridized carbons (Fsp3) is 0.143. The predicted molar refractivity (Wildman–Crippen MR) is 130 cm³/mol. The van der Waals surface area contributed by atoms with Gasteiger partial charge in [-0.3, -0.25) is 0 Å². The van der Waals surface area contributed by atoms with Crippen LogP contribution in [0.5, 0.6) is 11.5 Å². The summed E-state index contributed by atoms with van der Waals surface area (Å²) in [6, 6.07) is 22.0. The zero-order chi connectivity index (χ0) is 24.2. The maximum absolute atomic E-state index is 12.0. The second-order valence-corrected chi connectivity index (χ2v) is 7.25. The largest absolute Gasteiger partial charge is 0.497 e. The van der Waals surface area contributed by atoms with E-state index in [-0.39, 0.29) is 13.2 Å². The molecule has 0 radical (unpaired) electrons. The van der Waals surface area contributed by atoms with E-state index in [0.717, 1.165) is 33.8 Å². The molecular weight excluding hydrogens is 432 g/mol. The van der Waals surface area contributed by atoms with Crippen molar-refractivity contribution >= 4 is 24.1 Å². The first-order chi connectivity index (χ1) is 16.6. The molecule has 0 unspecified atom stereocenters. The first-order valence-corrected chi connectivity index (χ1v) is 10.6. The van der Waals surface area contributed by atoms with Crippen molar-refractivity contribution < 1.29 is 28.5 Å². The molecule has 0 aromatic heterocycles. The summed E-state index contributed by atoms with van der Waals surface area (Å²) in [4.78, 5) is 24.0. The van der Waals surface area contributed by atoms with Crippen LogP contribution in [0.25, 0.3) is 12.2 Å². The topological polar surface area (TPSA) is 71.1 Å². The van der Waals surface area contributed by atoms with Gasteiger partial charge in [0.2, 0.25) is 0 Å². The minimum Gasteiger partial charge on any atom is -0.497 e. The lowest BCUT2D eigenvalue weighted by Crippen LogP contribution is -2.03. The van der Waals surface area contributed by atoms with Crippen LogP contribution in [0.3, 0.4) is 0 Å². The Balaban J connectivity index is 1.45. The molecule has 0 amide bonds. The molecule has 0 saturated carbocycles. The van der Waals surface area contributed by atoms with Crippen LogP contribution in [0, 0.1) is 0 Å². The molecule has 3 aromatic carbocycles. The summed E-state index contributed by atoms with van der Waals surface area (Å²) in [5.41, 5.74) is 3.33. The molecule has 3 aromatic rings. The summed E-state index contributed by atoms with van der Waals surface area (Å²) in [5.74, 6) is 0.602. The van der Waals surface area contributed by atoms with Gasteiger partial charge in [0.1, 0.15) is 24.7 Å². The van der Waals surface area contributed by atoms with Crippen molar-refractivity contribution in [2.75, 3.05) is 14.2 Å². The number of hydrogen-bond acceptors (Lipinski definition) is 6. The summed E-state index contributed by atoms with van der Waals surface area (Å²) in [6.07, 6.45) is 6.11. The Morgan fingerprint density at radius 3 is 1.44 bits per heavy atom. The van der Waals surface area contributed by atoms with E-state index in [1.54, 1.807) is 26.4 Å². The summed E-state index contributed by atoms with van der Waals surface area (Å²) >= 11 is 0. The molecule has 0 fully saturated rings. The molecule has 0 bridgehead atoms. The molecule has 0 N–H and O–H groups in total. The number of hydrogen-bond donors (Lipinski definition) is 0. The molecule has 0 aliphatic carbocycles. The number of rotatable bonds is 10. The zero-order valence-electron chi connectivity index (χ0n) is 19.1. The van der Waals surface area contributed by atoms with Gasteiger partial charge in [-0.1, -0.05) is 42.5 Å². The van der Waals surface area contributed by atoms with E-state index in [1.807, 2.05) is 72.8 Å². The van der Waals surface area contributed by atoms with Crippen molar-refractivity contribution in [3.8, 4) is 11.5 Å². The van der Waals surface area contributed by atoms with E-state index < -0.39 is 11.9 Å². The molecule has 6 heteroatoms. The smallest absolute Gasteiger partial charge is 0.331 e. The SMILES string of the molecule is COc1ccc(/C=C/C(=O)OCc2cccc(COC(=O)/C=C/c3ccc(OC)cc3)c2)cc1. The van der Waals surface area contributed by atoms with Gasteiger partial charge in [0.25, 0.3) is 0 Å². The van der Waals surface area contributed by atoms with Gasteiger partial charge in [0.05, 0.1) is 14.2 Å². The third kappa shape index (κ3) is 7.98. The summed E-state index contributed by atoms with van der Waals surface area (Å²) < 4.78 is 20.8. The monoisotopic (exact) mass is 458 g/mol. The number of benzene rings is 3. The summed E-state index contributed by atoms with van der Waals surface area (Å²) in [7, 11) is 3.20. The van der Waals surface area contributed by atoms with Crippen molar-refractivity contribution in [1.29, 1.82) is 0 Å². The number of esters is 2. The lowest BCUT2D eigenvalue weighted by molar-refractivity contribution is -0.139. The Labute approximate surface area is 199 Å². The lowest BCUT2D eigenvalue weighted by Gasteiger charge is -2.06. The van der Waals surface area contributed by atoms with Crippen LogP contribution in [-0.2, 0) is 32.3 Å². The molecule has 0 heterocycles. The molecule has 34 heavy (non-hydrogen) atoms. The molecule has 0 atom stereocenters. The van der Waals surface area contributed by atoms with Gasteiger partial charge < -0.3 is 18.9 Å². The van der Waals surface area contributed by atoms with Crippen LogP contribution in [-0.4, -0.2) is 26.2 Å². The van der Waals surface area contributed by atoms with E-state index in [4.69, 9.17) is 18.9 Å². The second kappa shape index (κ2) is 12.6. The quantitative estimate of drug-likeness (QED) is 0.307. The highest BCUT2D eigenvalue weighted by Crippen LogP contribution is 2.14. The molecule has 6 nitrogen and oxygen atoms in total. The maximum Gasteiger partial charge on any atom is 0.331 e. The molecule has 0 aliphatic rings. The van der Waals surface area contributed by atoms with Crippen molar-refractivity contribution in [2.24, 2.45) is 0 Å². The molecular formula is C28H26O6. The highest BCUT2D eigenvalue weighted by molar-refractivity contribution is 5.87. The number of carbonyl (C=O) groups excluding carboxylic acids is 2. The minimum absolute atomic E-state index is 0.116. The van der Waals surface area contributed by atoms with Gasteiger partial charge in [-0.05, 0) is 64.7 Å². The number of ether oxygens (including phenoxy) is 4. The number of methoxy groups -OCH3 is 2. The summed E-state index contributed by atoms with van der Waals surface area (Å²) in [5, 5.41) is 0. The highest BCUT2D eigenvalue weighted by atomic mass is 16.5. The molecule has 174 valence electrons. The van der Waals surface area contributed by atoms with Gasteiger partial charge >= 0.3 is 11.9 Å².